The molecule has 12 heteroatoms. The van der Waals surface area contributed by atoms with Gasteiger partial charge in [-0.25, -0.2) is 14.8 Å². The number of aromatic amines is 1. The molecule has 3 heterocycles. The highest BCUT2D eigenvalue weighted by molar-refractivity contribution is 7.17. The first-order valence-corrected chi connectivity index (χ1v) is 11.6. The molecule has 0 aromatic carbocycles. The molecule has 0 saturated carbocycles. The van der Waals surface area contributed by atoms with Crippen LogP contribution in [0.25, 0.3) is 0 Å². The van der Waals surface area contributed by atoms with Gasteiger partial charge in [0, 0.05) is 26.6 Å². The number of carboxylic acids is 1. The van der Waals surface area contributed by atoms with Crippen molar-refractivity contribution in [2.45, 2.75) is 52.2 Å². The Balaban J connectivity index is 1.76. The Morgan fingerprint density at radius 2 is 2.09 bits per heavy atom. The smallest absolute Gasteiger partial charge is 0.348 e. The van der Waals surface area contributed by atoms with Gasteiger partial charge in [-0.05, 0) is 19.3 Å². The second kappa shape index (κ2) is 10.4. The molecule has 1 aliphatic heterocycles. The van der Waals surface area contributed by atoms with Crippen molar-refractivity contribution < 1.29 is 24.2 Å². The van der Waals surface area contributed by atoms with Gasteiger partial charge >= 0.3 is 5.97 Å². The van der Waals surface area contributed by atoms with Crippen molar-refractivity contribution in [2.75, 3.05) is 24.6 Å². The number of nitrogens with zero attached hydrogens (tertiary/aromatic N) is 3. The van der Waals surface area contributed by atoms with Crippen LogP contribution in [-0.2, 0) is 11.2 Å². The molecule has 174 valence electrons. The minimum absolute atomic E-state index is 0.0413. The first-order valence-electron chi connectivity index (χ1n) is 10.4. The number of thiazole rings is 1. The number of hydrogen-bond acceptors (Lipinski definition) is 8. The molecule has 2 aromatic heterocycles. The fourth-order valence-electron chi connectivity index (χ4n) is 3.49. The lowest BCUT2D eigenvalue weighted by Crippen LogP contribution is -2.55. The van der Waals surface area contributed by atoms with Crippen LogP contribution in [0, 0.1) is 0 Å². The highest BCUT2D eigenvalue weighted by Gasteiger charge is 2.34. The summed E-state index contributed by atoms with van der Waals surface area (Å²) in [5, 5.41) is 13.1. The number of H-pyrrole nitrogens is 1. The number of aromatic nitrogens is 3. The second-order valence-electron chi connectivity index (χ2n) is 7.47. The largest absolute Gasteiger partial charge is 0.477 e. The van der Waals surface area contributed by atoms with E-state index in [2.05, 4.69) is 20.3 Å². The number of carbonyl (C=O) groups excluding carboxylic acids is 2. The van der Waals surface area contributed by atoms with Crippen LogP contribution in [0.1, 0.15) is 70.1 Å². The summed E-state index contributed by atoms with van der Waals surface area (Å²) in [5.41, 5.74) is 0.657. The number of anilines is 1. The van der Waals surface area contributed by atoms with Gasteiger partial charge in [-0.1, -0.05) is 36.8 Å². The molecule has 1 aliphatic rings. The van der Waals surface area contributed by atoms with E-state index in [4.69, 9.17) is 16.3 Å². The summed E-state index contributed by atoms with van der Waals surface area (Å²) in [7, 11) is 0. The number of ether oxygens (including phenoxy) is 1. The molecule has 3 N–H and O–H groups in total. The van der Waals surface area contributed by atoms with Gasteiger partial charge in [-0.2, -0.15) is 0 Å². The number of hydrogen-bond donors (Lipinski definition) is 3. The van der Waals surface area contributed by atoms with Crippen LogP contribution in [-0.4, -0.2) is 69.6 Å². The van der Waals surface area contributed by atoms with Crippen LogP contribution < -0.4 is 10.2 Å². The summed E-state index contributed by atoms with van der Waals surface area (Å²) < 4.78 is 6.00. The van der Waals surface area contributed by atoms with Crippen molar-refractivity contribution in [3.05, 3.63) is 27.2 Å². The molecule has 0 bridgehead atoms. The van der Waals surface area contributed by atoms with E-state index in [0.29, 0.717) is 43.4 Å². The number of piperidine rings is 1. The van der Waals surface area contributed by atoms with Crippen LogP contribution in [0.3, 0.4) is 0 Å². The van der Waals surface area contributed by atoms with Crippen molar-refractivity contribution in [3.63, 3.8) is 0 Å². The number of carbonyl (C=O) groups is 3. The average molecular weight is 484 g/mol. The number of aromatic carboxylic acids is 1. The Bertz CT molecular complexity index is 975. The Kier molecular flexibility index (Phi) is 7.86. The van der Waals surface area contributed by atoms with Crippen molar-refractivity contribution in [2.24, 2.45) is 0 Å². The maximum absolute atomic E-state index is 12.7. The maximum Gasteiger partial charge on any atom is 0.348 e. The van der Waals surface area contributed by atoms with E-state index in [1.807, 2.05) is 18.7 Å². The molecule has 2 unspecified atom stereocenters. The van der Waals surface area contributed by atoms with Crippen molar-refractivity contribution in [1.29, 1.82) is 0 Å². The molecule has 0 spiro atoms. The van der Waals surface area contributed by atoms with Crippen molar-refractivity contribution >= 4 is 45.7 Å². The summed E-state index contributed by atoms with van der Waals surface area (Å²) in [5.74, 6) is -1.78. The normalized spacial score (nSPS) is 18.6. The van der Waals surface area contributed by atoms with Crippen LogP contribution in [0.15, 0.2) is 0 Å². The van der Waals surface area contributed by atoms with Crippen molar-refractivity contribution in [1.82, 2.24) is 20.3 Å². The SMILES string of the molecule is CCCOC1CN(c2nc(C(C)=O)c(C(=O)O)s2)CCC1NC(=O)c1nc(Cl)c(CC)[nH]1. The molecule has 0 radical (unpaired) electrons. The zero-order chi connectivity index (χ0) is 23.4. The van der Waals surface area contributed by atoms with Crippen LogP contribution in [0.2, 0.25) is 5.15 Å². The molecule has 2 atom stereocenters. The second-order valence-corrected chi connectivity index (χ2v) is 8.80. The minimum atomic E-state index is -1.18. The maximum atomic E-state index is 12.7. The lowest BCUT2D eigenvalue weighted by Gasteiger charge is -2.38. The number of halogens is 1. The van der Waals surface area contributed by atoms with Gasteiger partial charge in [-0.15, -0.1) is 0 Å². The highest BCUT2D eigenvalue weighted by atomic mass is 35.5. The van der Waals surface area contributed by atoms with Crippen LogP contribution >= 0.6 is 22.9 Å². The van der Waals surface area contributed by atoms with E-state index in [1.165, 1.54) is 6.92 Å². The van der Waals surface area contributed by atoms with Crippen LogP contribution in [0.4, 0.5) is 5.13 Å². The fourth-order valence-corrected chi connectivity index (χ4v) is 4.74. The third kappa shape index (κ3) is 5.28. The number of Topliss-reactive ketones (excluding diaryl/α,β-unsaturated/α-hetero) is 1. The quantitative estimate of drug-likeness (QED) is 0.463. The van der Waals surface area contributed by atoms with E-state index in [1.54, 1.807) is 0 Å². The molecule has 10 nitrogen and oxygen atoms in total. The first kappa shape index (κ1) is 24.1. The monoisotopic (exact) mass is 483 g/mol. The molecule has 0 aliphatic carbocycles. The summed E-state index contributed by atoms with van der Waals surface area (Å²) in [6.45, 7) is 6.62. The molecular weight excluding hydrogens is 458 g/mol. The number of rotatable bonds is 9. The van der Waals surface area contributed by atoms with Gasteiger partial charge in [0.2, 0.25) is 0 Å². The van der Waals surface area contributed by atoms with E-state index in [9.17, 15) is 19.5 Å². The minimum Gasteiger partial charge on any atom is -0.477 e. The molecule has 2 aromatic rings. The summed E-state index contributed by atoms with van der Waals surface area (Å²) in [6, 6.07) is -0.273. The van der Waals surface area contributed by atoms with E-state index < -0.39 is 11.8 Å². The Morgan fingerprint density at radius 3 is 2.66 bits per heavy atom. The van der Waals surface area contributed by atoms with Crippen molar-refractivity contribution in [3.8, 4) is 0 Å². The van der Waals surface area contributed by atoms with Gasteiger partial charge in [0.15, 0.2) is 21.9 Å². The lowest BCUT2D eigenvalue weighted by atomic mass is 10.0. The number of amides is 1. The predicted molar refractivity (Wildman–Crippen MR) is 120 cm³/mol. The van der Waals surface area contributed by atoms with Gasteiger partial charge in [0.25, 0.3) is 5.91 Å². The fraction of sp³-hybridized carbons (Fsp3) is 0.550. The summed E-state index contributed by atoms with van der Waals surface area (Å²) >= 11 is 7.02. The first-order chi connectivity index (χ1) is 15.2. The lowest BCUT2D eigenvalue weighted by molar-refractivity contribution is 0.0204. The third-order valence-corrected chi connectivity index (χ3v) is 6.54. The third-order valence-electron chi connectivity index (χ3n) is 5.12. The molecule has 1 saturated heterocycles. The Hall–Kier alpha value is -2.50. The highest BCUT2D eigenvalue weighted by Crippen LogP contribution is 2.30. The van der Waals surface area contributed by atoms with Gasteiger partial charge in [0.05, 0.1) is 17.8 Å². The van der Waals surface area contributed by atoms with E-state index in [0.717, 1.165) is 17.8 Å². The van der Waals surface area contributed by atoms with E-state index in [-0.39, 0.29) is 39.6 Å². The molecule has 32 heavy (non-hydrogen) atoms. The van der Waals surface area contributed by atoms with E-state index >= 15 is 0 Å². The van der Waals surface area contributed by atoms with Crippen LogP contribution in [0.5, 0.6) is 0 Å². The summed E-state index contributed by atoms with van der Waals surface area (Å²) in [6.07, 6.45) is 1.64. The Labute approximate surface area is 194 Å². The molecule has 3 rings (SSSR count). The standard InChI is InChI=1S/C20H26ClN5O5S/c1-4-8-31-13-9-26(20-24-14(10(3)27)15(32-20)19(29)30)7-6-12(13)23-18(28)17-22-11(5-2)16(21)25-17/h12-13H,4-9H2,1-3H3,(H,22,25)(H,23,28)(H,29,30). The summed E-state index contributed by atoms with van der Waals surface area (Å²) in [4.78, 5) is 49.1. The van der Waals surface area contributed by atoms with Gasteiger partial charge in [-0.3, -0.25) is 9.59 Å². The molecule has 1 amide bonds. The number of nitrogens with one attached hydrogen (secondary N) is 2. The number of imidazole rings is 1. The van der Waals surface area contributed by atoms with Gasteiger partial charge in [0.1, 0.15) is 10.6 Å². The predicted octanol–water partition coefficient (Wildman–Crippen LogP) is 2.79. The number of ketones is 1. The van der Waals surface area contributed by atoms with Gasteiger partial charge < -0.3 is 25.0 Å². The topological polar surface area (TPSA) is 138 Å². The molecular formula is C20H26ClN5O5S. The number of aryl methyl sites for hydroxylation is 1. The Morgan fingerprint density at radius 1 is 1.34 bits per heavy atom. The zero-order valence-electron chi connectivity index (χ0n) is 18.1. The molecule has 1 fully saturated rings. The average Bonchev–Trinajstić information content (AvgIpc) is 3.37. The zero-order valence-corrected chi connectivity index (χ0v) is 19.7. The number of carboxylic acid groups (broad SMARTS) is 1.